The van der Waals surface area contributed by atoms with E-state index in [9.17, 15) is 13.2 Å². The topological polar surface area (TPSA) is 99.4 Å². The molecule has 2 aromatic carbocycles. The number of primary sulfonamides is 1. The third kappa shape index (κ3) is 3.42. The Morgan fingerprint density at radius 3 is 2.46 bits per heavy atom. The van der Waals surface area contributed by atoms with Crippen molar-refractivity contribution in [2.75, 3.05) is 0 Å². The Hall–Kier alpha value is -2.77. The first-order valence-electron chi connectivity index (χ1n) is 7.08. The molecule has 7 heteroatoms. The number of hydrogen-bond acceptors (Lipinski definition) is 5. The Bertz CT molecular complexity index is 993. The lowest BCUT2D eigenvalue weighted by Crippen LogP contribution is -2.12. The Balaban J connectivity index is 1.75. The number of para-hydroxylation sites is 1. The van der Waals surface area contributed by atoms with E-state index in [1.54, 1.807) is 6.20 Å². The molecular weight excluding hydrogens is 328 g/mol. The van der Waals surface area contributed by atoms with Crippen LogP contribution in [0.5, 0.6) is 0 Å². The number of carbonyl (C=O) groups is 1. The second-order valence-corrected chi connectivity index (χ2v) is 6.70. The predicted octanol–water partition coefficient (Wildman–Crippen LogP) is 2.24. The smallest absolute Gasteiger partial charge is 0.338 e. The summed E-state index contributed by atoms with van der Waals surface area (Å²) in [5, 5.41) is 5.98. The zero-order valence-electron chi connectivity index (χ0n) is 12.5. The van der Waals surface area contributed by atoms with Crippen molar-refractivity contribution in [1.82, 2.24) is 4.98 Å². The lowest BCUT2D eigenvalue weighted by molar-refractivity contribution is 0.0474. The van der Waals surface area contributed by atoms with E-state index >= 15 is 0 Å². The van der Waals surface area contributed by atoms with Gasteiger partial charge in [0.1, 0.15) is 6.61 Å². The highest BCUT2D eigenvalue weighted by Crippen LogP contribution is 2.17. The van der Waals surface area contributed by atoms with Crippen molar-refractivity contribution in [3.63, 3.8) is 0 Å². The van der Waals surface area contributed by atoms with Crippen LogP contribution in [0.1, 0.15) is 15.9 Å². The molecule has 0 amide bonds. The van der Waals surface area contributed by atoms with Gasteiger partial charge in [-0.1, -0.05) is 24.3 Å². The van der Waals surface area contributed by atoms with Gasteiger partial charge in [-0.2, -0.15) is 0 Å². The number of fused-ring (bicyclic) bond motifs is 1. The fraction of sp³-hybridized carbons (Fsp3) is 0.0588. The van der Waals surface area contributed by atoms with Crippen LogP contribution >= 0.6 is 0 Å². The Kier molecular flexibility index (Phi) is 4.28. The minimum atomic E-state index is -3.79. The number of aromatic nitrogens is 1. The number of nitrogens with zero attached hydrogens (tertiary/aromatic N) is 1. The number of nitrogens with two attached hydrogens (primary N) is 1. The second-order valence-electron chi connectivity index (χ2n) is 5.14. The molecule has 1 heterocycles. The Morgan fingerprint density at radius 2 is 1.75 bits per heavy atom. The average Bonchev–Trinajstić information content (AvgIpc) is 2.59. The van der Waals surface area contributed by atoms with Crippen molar-refractivity contribution in [3.05, 3.63) is 71.9 Å². The van der Waals surface area contributed by atoms with E-state index < -0.39 is 16.0 Å². The molecule has 0 aliphatic rings. The highest BCUT2D eigenvalue weighted by molar-refractivity contribution is 7.89. The molecule has 0 aliphatic heterocycles. The van der Waals surface area contributed by atoms with Crippen LogP contribution in [0.4, 0.5) is 0 Å². The molecule has 0 radical (unpaired) electrons. The van der Waals surface area contributed by atoms with Crippen molar-refractivity contribution in [2.24, 2.45) is 5.14 Å². The number of hydrogen-bond donors (Lipinski definition) is 1. The quantitative estimate of drug-likeness (QED) is 0.733. The van der Waals surface area contributed by atoms with E-state index in [1.807, 2.05) is 30.3 Å². The molecule has 2 N–H and O–H groups in total. The maximum atomic E-state index is 12.1. The summed E-state index contributed by atoms with van der Waals surface area (Å²) < 4.78 is 27.7. The molecule has 122 valence electrons. The van der Waals surface area contributed by atoms with Crippen LogP contribution in [-0.4, -0.2) is 19.4 Å². The highest BCUT2D eigenvalue weighted by atomic mass is 32.2. The lowest BCUT2D eigenvalue weighted by atomic mass is 10.1. The van der Waals surface area contributed by atoms with Crippen LogP contribution in [0.15, 0.2) is 65.7 Å². The maximum Gasteiger partial charge on any atom is 0.338 e. The fourth-order valence-electron chi connectivity index (χ4n) is 2.29. The van der Waals surface area contributed by atoms with Gasteiger partial charge in [-0.05, 0) is 30.3 Å². The van der Waals surface area contributed by atoms with Crippen LogP contribution in [0.2, 0.25) is 0 Å². The van der Waals surface area contributed by atoms with Crippen LogP contribution in [0, 0.1) is 0 Å². The summed E-state index contributed by atoms with van der Waals surface area (Å²) in [4.78, 5) is 16.3. The van der Waals surface area contributed by atoms with Gasteiger partial charge in [0.15, 0.2) is 0 Å². The molecule has 0 aliphatic carbocycles. The SMILES string of the molecule is NS(=O)(=O)c1ccc(C(=O)OCc2cccc3cccnc23)cc1. The normalized spacial score (nSPS) is 11.4. The van der Waals surface area contributed by atoms with Gasteiger partial charge >= 0.3 is 5.97 Å². The van der Waals surface area contributed by atoms with Crippen molar-refractivity contribution in [3.8, 4) is 0 Å². The lowest BCUT2D eigenvalue weighted by Gasteiger charge is -2.08. The standard InChI is InChI=1S/C17H14N2O4S/c18-24(21,22)15-8-6-13(7-9-15)17(20)23-11-14-4-1-3-12-5-2-10-19-16(12)14/h1-10H,11H2,(H2,18,21,22). The van der Waals surface area contributed by atoms with E-state index in [2.05, 4.69) is 4.98 Å². The molecule has 0 atom stereocenters. The van der Waals surface area contributed by atoms with Crippen LogP contribution in [-0.2, 0) is 21.4 Å². The molecule has 0 saturated carbocycles. The van der Waals surface area contributed by atoms with Crippen molar-refractivity contribution < 1.29 is 17.9 Å². The van der Waals surface area contributed by atoms with Gasteiger partial charge in [0.05, 0.1) is 16.0 Å². The molecule has 6 nitrogen and oxygen atoms in total. The van der Waals surface area contributed by atoms with E-state index in [1.165, 1.54) is 24.3 Å². The summed E-state index contributed by atoms with van der Waals surface area (Å²) in [6.07, 6.45) is 1.68. The molecule has 0 unspecified atom stereocenters. The fourth-order valence-corrected chi connectivity index (χ4v) is 2.81. The van der Waals surface area contributed by atoms with Crippen LogP contribution in [0.25, 0.3) is 10.9 Å². The molecule has 3 rings (SSSR count). The summed E-state index contributed by atoms with van der Waals surface area (Å²) >= 11 is 0. The first-order chi connectivity index (χ1) is 11.4. The molecule has 3 aromatic rings. The number of pyridine rings is 1. The Morgan fingerprint density at radius 1 is 1.04 bits per heavy atom. The molecular formula is C17H14N2O4S. The summed E-state index contributed by atoms with van der Waals surface area (Å²) in [5.41, 5.74) is 1.82. The van der Waals surface area contributed by atoms with Crippen molar-refractivity contribution >= 4 is 26.9 Å². The zero-order chi connectivity index (χ0) is 17.2. The first-order valence-corrected chi connectivity index (χ1v) is 8.62. The third-order valence-corrected chi connectivity index (χ3v) is 4.42. The molecule has 0 spiro atoms. The summed E-state index contributed by atoms with van der Waals surface area (Å²) in [7, 11) is -3.79. The summed E-state index contributed by atoms with van der Waals surface area (Å²) in [6, 6.07) is 14.7. The predicted molar refractivity (Wildman–Crippen MR) is 88.7 cm³/mol. The molecule has 0 saturated heterocycles. The van der Waals surface area contributed by atoms with E-state index in [0.717, 1.165) is 16.5 Å². The van der Waals surface area contributed by atoms with E-state index in [4.69, 9.17) is 9.88 Å². The molecule has 1 aromatic heterocycles. The van der Waals surface area contributed by atoms with Crippen molar-refractivity contribution in [2.45, 2.75) is 11.5 Å². The van der Waals surface area contributed by atoms with E-state index in [0.29, 0.717) is 0 Å². The highest BCUT2D eigenvalue weighted by Gasteiger charge is 2.12. The van der Waals surface area contributed by atoms with E-state index in [-0.39, 0.29) is 17.1 Å². The third-order valence-electron chi connectivity index (χ3n) is 3.49. The molecule has 24 heavy (non-hydrogen) atoms. The van der Waals surface area contributed by atoms with Gasteiger partial charge in [-0.25, -0.2) is 18.4 Å². The number of carbonyl (C=O) groups excluding carboxylic acids is 1. The number of rotatable bonds is 4. The number of benzene rings is 2. The first kappa shape index (κ1) is 16.1. The van der Waals surface area contributed by atoms with Gasteiger partial charge in [0.25, 0.3) is 0 Å². The van der Waals surface area contributed by atoms with Crippen LogP contribution in [0.3, 0.4) is 0 Å². The molecule has 0 bridgehead atoms. The van der Waals surface area contributed by atoms with Gasteiger partial charge in [-0.3, -0.25) is 4.98 Å². The maximum absolute atomic E-state index is 12.1. The number of esters is 1. The minimum Gasteiger partial charge on any atom is -0.457 e. The van der Waals surface area contributed by atoms with Crippen molar-refractivity contribution in [1.29, 1.82) is 0 Å². The van der Waals surface area contributed by atoms with Gasteiger partial charge in [0.2, 0.25) is 10.0 Å². The summed E-state index contributed by atoms with van der Waals surface area (Å²) in [5.74, 6) is -0.552. The molecule has 0 fully saturated rings. The second kappa shape index (κ2) is 6.38. The largest absolute Gasteiger partial charge is 0.457 e. The minimum absolute atomic E-state index is 0.0581. The van der Waals surface area contributed by atoms with Gasteiger partial charge < -0.3 is 4.74 Å². The summed E-state index contributed by atoms with van der Waals surface area (Å²) in [6.45, 7) is 0.0735. The van der Waals surface area contributed by atoms with Gasteiger partial charge in [0, 0.05) is 17.1 Å². The Labute approximate surface area is 138 Å². The van der Waals surface area contributed by atoms with Gasteiger partial charge in [-0.15, -0.1) is 0 Å². The zero-order valence-corrected chi connectivity index (χ0v) is 13.4. The number of ether oxygens (including phenoxy) is 1. The monoisotopic (exact) mass is 342 g/mol. The van der Waals surface area contributed by atoms with Crippen LogP contribution < -0.4 is 5.14 Å². The number of sulfonamides is 1. The average molecular weight is 342 g/mol.